The third kappa shape index (κ3) is 3.88. The van der Waals surface area contributed by atoms with Crippen molar-refractivity contribution in [1.82, 2.24) is 10.2 Å². The predicted octanol–water partition coefficient (Wildman–Crippen LogP) is 2.43. The van der Waals surface area contributed by atoms with Gasteiger partial charge in [-0.25, -0.2) is 4.79 Å². The molecule has 0 aromatic heterocycles. The number of nitrogens with one attached hydrogen (secondary N) is 1. The second kappa shape index (κ2) is 6.35. The number of carbonyl (C=O) groups excluding carboxylic acids is 1. The van der Waals surface area contributed by atoms with E-state index in [1.54, 1.807) is 12.0 Å². The van der Waals surface area contributed by atoms with Crippen LogP contribution in [0.25, 0.3) is 0 Å². The van der Waals surface area contributed by atoms with E-state index >= 15 is 0 Å². The molecule has 1 saturated heterocycles. The van der Waals surface area contributed by atoms with E-state index < -0.39 is 0 Å². The van der Waals surface area contributed by atoms with Crippen molar-refractivity contribution in [3.8, 4) is 5.75 Å². The first-order valence-electron chi connectivity index (χ1n) is 7.17. The van der Waals surface area contributed by atoms with Gasteiger partial charge >= 0.3 is 6.03 Å². The third-order valence-electron chi connectivity index (χ3n) is 3.80. The predicted molar refractivity (Wildman–Crippen MR) is 81.5 cm³/mol. The molecule has 0 spiro atoms. The van der Waals surface area contributed by atoms with Crippen molar-refractivity contribution in [2.75, 3.05) is 33.9 Å². The molecule has 21 heavy (non-hydrogen) atoms. The highest BCUT2D eigenvalue weighted by Crippen LogP contribution is 2.27. The summed E-state index contributed by atoms with van der Waals surface area (Å²) < 4.78 is 10.4. The Hall–Kier alpha value is -1.75. The Kier molecular flexibility index (Phi) is 4.73. The lowest BCUT2D eigenvalue weighted by atomic mass is 9.88. The maximum absolute atomic E-state index is 12.2. The molecule has 2 rings (SSSR count). The number of nitrogens with zero attached hydrogens (tertiary/aromatic N) is 1. The van der Waals surface area contributed by atoms with Crippen LogP contribution in [0, 0.1) is 5.41 Å². The minimum absolute atomic E-state index is 0.0690. The summed E-state index contributed by atoms with van der Waals surface area (Å²) in [6.07, 6.45) is 0. The van der Waals surface area contributed by atoms with Crippen LogP contribution in [0.4, 0.5) is 4.79 Å². The molecule has 0 bridgehead atoms. The van der Waals surface area contributed by atoms with Crippen LogP contribution in [0.1, 0.15) is 25.5 Å². The van der Waals surface area contributed by atoms with Crippen LogP contribution in [0.5, 0.6) is 5.75 Å². The van der Waals surface area contributed by atoms with Gasteiger partial charge in [-0.15, -0.1) is 0 Å². The number of benzene rings is 1. The van der Waals surface area contributed by atoms with Gasteiger partial charge in [0, 0.05) is 19.0 Å². The van der Waals surface area contributed by atoms with Gasteiger partial charge in [0.15, 0.2) is 0 Å². The largest absolute Gasteiger partial charge is 0.497 e. The van der Waals surface area contributed by atoms with Gasteiger partial charge in [-0.1, -0.05) is 19.1 Å². The van der Waals surface area contributed by atoms with Gasteiger partial charge in [0.25, 0.3) is 0 Å². The Morgan fingerprint density at radius 3 is 2.81 bits per heavy atom. The third-order valence-corrected chi connectivity index (χ3v) is 3.80. The molecule has 0 aliphatic carbocycles. The average molecular weight is 292 g/mol. The van der Waals surface area contributed by atoms with Crippen molar-refractivity contribution >= 4 is 6.03 Å². The van der Waals surface area contributed by atoms with E-state index in [2.05, 4.69) is 12.2 Å². The van der Waals surface area contributed by atoms with E-state index in [9.17, 15) is 4.79 Å². The molecule has 1 aromatic rings. The van der Waals surface area contributed by atoms with Crippen LogP contribution in [-0.2, 0) is 4.74 Å². The summed E-state index contributed by atoms with van der Waals surface area (Å²) in [5, 5.41) is 3.01. The first-order chi connectivity index (χ1) is 9.93. The molecule has 116 valence electrons. The zero-order valence-electron chi connectivity index (χ0n) is 13.2. The van der Waals surface area contributed by atoms with Crippen LogP contribution < -0.4 is 10.1 Å². The number of amides is 2. The van der Waals surface area contributed by atoms with Crippen LogP contribution in [0.3, 0.4) is 0 Å². The Labute approximate surface area is 126 Å². The SMILES string of the molecule is COc1cccc([C@@H](C)NC(=O)N(C)CC2(C)COC2)c1. The lowest BCUT2D eigenvalue weighted by Crippen LogP contribution is -2.51. The van der Waals surface area contributed by atoms with Gasteiger partial charge in [-0.05, 0) is 24.6 Å². The van der Waals surface area contributed by atoms with Crippen molar-refractivity contribution in [2.24, 2.45) is 5.41 Å². The van der Waals surface area contributed by atoms with Crippen LogP contribution in [-0.4, -0.2) is 44.8 Å². The molecule has 0 radical (unpaired) electrons. The summed E-state index contributed by atoms with van der Waals surface area (Å²) in [6.45, 7) is 6.23. The first kappa shape index (κ1) is 15.6. The van der Waals surface area contributed by atoms with Gasteiger partial charge in [-0.3, -0.25) is 0 Å². The van der Waals surface area contributed by atoms with E-state index in [-0.39, 0.29) is 17.5 Å². The fourth-order valence-electron chi connectivity index (χ4n) is 2.48. The molecule has 5 heteroatoms. The molecule has 5 nitrogen and oxygen atoms in total. The lowest BCUT2D eigenvalue weighted by molar-refractivity contribution is -0.108. The van der Waals surface area contributed by atoms with Crippen LogP contribution in [0.2, 0.25) is 0 Å². The molecule has 0 unspecified atom stereocenters. The number of carbonyl (C=O) groups is 1. The highest BCUT2D eigenvalue weighted by molar-refractivity contribution is 5.74. The molecule has 1 fully saturated rings. The molecule has 1 aromatic carbocycles. The Bertz CT molecular complexity index is 500. The fourth-order valence-corrected chi connectivity index (χ4v) is 2.48. The van der Waals surface area contributed by atoms with Crippen LogP contribution >= 0.6 is 0 Å². The van der Waals surface area contributed by atoms with Gasteiger partial charge in [0.2, 0.25) is 0 Å². The number of hydrogen-bond donors (Lipinski definition) is 1. The standard InChI is InChI=1S/C16H24N2O3/c1-12(13-6-5-7-14(8-13)20-4)17-15(19)18(3)9-16(2)10-21-11-16/h5-8,12H,9-11H2,1-4H3,(H,17,19)/t12-/m1/s1. The summed E-state index contributed by atoms with van der Waals surface area (Å²) in [5.74, 6) is 0.793. The summed E-state index contributed by atoms with van der Waals surface area (Å²) in [4.78, 5) is 14.0. The molecule has 0 saturated carbocycles. The van der Waals surface area contributed by atoms with Crippen molar-refractivity contribution < 1.29 is 14.3 Å². The monoisotopic (exact) mass is 292 g/mol. The minimum atomic E-state index is -0.0709. The van der Waals surface area contributed by atoms with E-state index in [1.807, 2.05) is 38.2 Å². The smallest absolute Gasteiger partial charge is 0.317 e. The number of methoxy groups -OCH3 is 1. The molecule has 1 N–H and O–H groups in total. The Morgan fingerprint density at radius 1 is 1.52 bits per heavy atom. The van der Waals surface area contributed by atoms with E-state index in [0.717, 1.165) is 24.5 Å². The van der Waals surface area contributed by atoms with Gasteiger partial charge in [0.1, 0.15) is 5.75 Å². The highest BCUT2D eigenvalue weighted by Gasteiger charge is 2.35. The molecule has 2 amide bonds. The van der Waals surface area contributed by atoms with Crippen molar-refractivity contribution in [3.63, 3.8) is 0 Å². The van der Waals surface area contributed by atoms with Crippen LogP contribution in [0.15, 0.2) is 24.3 Å². The zero-order valence-corrected chi connectivity index (χ0v) is 13.2. The maximum atomic E-state index is 12.2. The number of urea groups is 1. The Balaban J connectivity index is 1.91. The molecular weight excluding hydrogens is 268 g/mol. The molecule has 1 heterocycles. The van der Waals surface area contributed by atoms with E-state index in [4.69, 9.17) is 9.47 Å². The van der Waals surface area contributed by atoms with E-state index in [0.29, 0.717) is 6.54 Å². The van der Waals surface area contributed by atoms with Gasteiger partial charge < -0.3 is 19.7 Å². The average Bonchev–Trinajstić information content (AvgIpc) is 2.45. The van der Waals surface area contributed by atoms with Gasteiger partial charge in [-0.2, -0.15) is 0 Å². The van der Waals surface area contributed by atoms with E-state index in [1.165, 1.54) is 0 Å². The second-order valence-corrected chi connectivity index (χ2v) is 6.11. The normalized spacial score (nSPS) is 17.5. The van der Waals surface area contributed by atoms with Crippen molar-refractivity contribution in [3.05, 3.63) is 29.8 Å². The number of ether oxygens (including phenoxy) is 2. The van der Waals surface area contributed by atoms with Crippen molar-refractivity contribution in [2.45, 2.75) is 19.9 Å². The molecule has 1 atom stereocenters. The lowest BCUT2D eigenvalue weighted by Gasteiger charge is -2.40. The Morgan fingerprint density at radius 2 is 2.24 bits per heavy atom. The second-order valence-electron chi connectivity index (χ2n) is 6.11. The van der Waals surface area contributed by atoms with Crippen molar-refractivity contribution in [1.29, 1.82) is 0 Å². The first-order valence-corrected chi connectivity index (χ1v) is 7.17. The summed E-state index contributed by atoms with van der Waals surface area (Å²) >= 11 is 0. The fraction of sp³-hybridized carbons (Fsp3) is 0.562. The number of hydrogen-bond acceptors (Lipinski definition) is 3. The molecule has 1 aliphatic rings. The minimum Gasteiger partial charge on any atom is -0.497 e. The molecular formula is C16H24N2O3. The van der Waals surface area contributed by atoms with Gasteiger partial charge in [0.05, 0.1) is 26.4 Å². The number of rotatable bonds is 5. The highest BCUT2D eigenvalue weighted by atomic mass is 16.5. The summed E-state index contributed by atoms with van der Waals surface area (Å²) in [7, 11) is 3.45. The zero-order chi connectivity index (χ0) is 15.5. The maximum Gasteiger partial charge on any atom is 0.317 e. The summed E-state index contributed by atoms with van der Waals surface area (Å²) in [6, 6.07) is 7.59. The quantitative estimate of drug-likeness (QED) is 0.907. The topological polar surface area (TPSA) is 50.8 Å². The summed E-state index contributed by atoms with van der Waals surface area (Å²) in [5.41, 5.74) is 1.11. The molecule has 1 aliphatic heterocycles.